The van der Waals surface area contributed by atoms with Crippen molar-refractivity contribution in [2.75, 3.05) is 6.61 Å². The van der Waals surface area contributed by atoms with Crippen LogP contribution < -0.4 is 0 Å². The highest BCUT2D eigenvalue weighted by Crippen LogP contribution is 2.20. The number of ether oxygens (including phenoxy) is 1. The minimum Gasteiger partial charge on any atom is -0.478 e. The minimum absolute atomic E-state index is 0.118. The van der Waals surface area contributed by atoms with Crippen molar-refractivity contribution in [3.63, 3.8) is 0 Å². The highest BCUT2D eigenvalue weighted by Gasteiger charge is 2.14. The molecule has 2 rings (SSSR count). The highest BCUT2D eigenvalue weighted by atomic mass is 16.5. The molecule has 0 fully saturated rings. The second-order valence-electron chi connectivity index (χ2n) is 3.20. The van der Waals surface area contributed by atoms with Gasteiger partial charge in [0.2, 0.25) is 5.89 Å². The van der Waals surface area contributed by atoms with E-state index in [2.05, 4.69) is 4.98 Å². The molecule has 0 saturated carbocycles. The van der Waals surface area contributed by atoms with Gasteiger partial charge < -0.3 is 14.3 Å². The SMILES string of the molecule is CCOCc1nc2cccc(C(=O)O)c2o1. The third-order valence-corrected chi connectivity index (χ3v) is 2.12. The zero-order valence-electron chi connectivity index (χ0n) is 8.77. The van der Waals surface area contributed by atoms with Crippen molar-refractivity contribution in [2.24, 2.45) is 0 Å². The minimum atomic E-state index is -1.02. The number of carbonyl (C=O) groups is 1. The van der Waals surface area contributed by atoms with Gasteiger partial charge in [0.1, 0.15) is 17.7 Å². The molecule has 5 nitrogen and oxygen atoms in total. The molecule has 0 amide bonds. The first-order valence-corrected chi connectivity index (χ1v) is 4.92. The Kier molecular flexibility index (Phi) is 2.87. The summed E-state index contributed by atoms with van der Waals surface area (Å²) in [5.74, 6) is -0.629. The topological polar surface area (TPSA) is 72.6 Å². The van der Waals surface area contributed by atoms with Crippen molar-refractivity contribution in [1.82, 2.24) is 4.98 Å². The molecule has 84 valence electrons. The number of nitrogens with zero attached hydrogens (tertiary/aromatic N) is 1. The van der Waals surface area contributed by atoms with Crippen molar-refractivity contribution in [2.45, 2.75) is 13.5 Å². The van der Waals surface area contributed by atoms with Gasteiger partial charge in [-0.25, -0.2) is 9.78 Å². The van der Waals surface area contributed by atoms with E-state index in [-0.39, 0.29) is 12.2 Å². The van der Waals surface area contributed by atoms with Crippen molar-refractivity contribution in [1.29, 1.82) is 0 Å². The molecule has 2 aromatic rings. The van der Waals surface area contributed by atoms with E-state index in [9.17, 15) is 4.79 Å². The first-order valence-electron chi connectivity index (χ1n) is 4.92. The van der Waals surface area contributed by atoms with E-state index in [1.165, 1.54) is 6.07 Å². The Hall–Kier alpha value is -1.88. The van der Waals surface area contributed by atoms with Crippen LogP contribution in [0.4, 0.5) is 0 Å². The average Bonchev–Trinajstić information content (AvgIpc) is 2.68. The van der Waals surface area contributed by atoms with Crippen LogP contribution in [-0.4, -0.2) is 22.7 Å². The predicted molar refractivity (Wildman–Crippen MR) is 56.3 cm³/mol. The fraction of sp³-hybridized carbons (Fsp3) is 0.273. The third-order valence-electron chi connectivity index (χ3n) is 2.12. The van der Waals surface area contributed by atoms with Crippen LogP contribution in [0.1, 0.15) is 23.2 Å². The van der Waals surface area contributed by atoms with E-state index in [0.29, 0.717) is 23.6 Å². The van der Waals surface area contributed by atoms with Crippen LogP contribution in [-0.2, 0) is 11.3 Å². The van der Waals surface area contributed by atoms with Crippen LogP contribution in [0, 0.1) is 0 Å². The monoisotopic (exact) mass is 221 g/mol. The lowest BCUT2D eigenvalue weighted by Crippen LogP contribution is -1.95. The number of carboxylic acid groups (broad SMARTS) is 1. The Labute approximate surface area is 91.7 Å². The fourth-order valence-corrected chi connectivity index (χ4v) is 1.41. The lowest BCUT2D eigenvalue weighted by Gasteiger charge is -1.94. The molecule has 0 radical (unpaired) electrons. The van der Waals surface area contributed by atoms with E-state index < -0.39 is 5.97 Å². The Morgan fingerprint density at radius 3 is 3.06 bits per heavy atom. The van der Waals surface area contributed by atoms with Crippen molar-refractivity contribution >= 4 is 17.1 Å². The smallest absolute Gasteiger partial charge is 0.339 e. The van der Waals surface area contributed by atoms with E-state index >= 15 is 0 Å². The van der Waals surface area contributed by atoms with Crippen molar-refractivity contribution < 1.29 is 19.1 Å². The van der Waals surface area contributed by atoms with E-state index in [0.717, 1.165) is 0 Å². The summed E-state index contributed by atoms with van der Waals surface area (Å²) in [6.45, 7) is 2.68. The number of oxazole rings is 1. The number of hydrogen-bond donors (Lipinski definition) is 1. The van der Waals surface area contributed by atoms with Crippen LogP contribution in [0.2, 0.25) is 0 Å². The number of rotatable bonds is 4. The zero-order valence-corrected chi connectivity index (χ0v) is 8.77. The first-order chi connectivity index (χ1) is 7.72. The second kappa shape index (κ2) is 4.32. The Balaban J connectivity index is 2.44. The zero-order chi connectivity index (χ0) is 11.5. The standard InChI is InChI=1S/C11H11NO4/c1-2-15-6-9-12-8-5-3-4-7(11(13)14)10(8)16-9/h3-5H,2,6H2,1H3,(H,13,14). The number of aromatic carboxylic acids is 1. The Bertz CT molecular complexity index is 518. The molecule has 1 aromatic heterocycles. The molecule has 0 atom stereocenters. The van der Waals surface area contributed by atoms with Crippen LogP contribution in [0.15, 0.2) is 22.6 Å². The maximum Gasteiger partial charge on any atom is 0.339 e. The Morgan fingerprint density at radius 1 is 1.56 bits per heavy atom. The summed E-state index contributed by atoms with van der Waals surface area (Å²) in [6, 6.07) is 4.83. The predicted octanol–water partition coefficient (Wildman–Crippen LogP) is 2.06. The molecule has 1 heterocycles. The average molecular weight is 221 g/mol. The largest absolute Gasteiger partial charge is 0.478 e. The molecular weight excluding hydrogens is 210 g/mol. The number of aromatic nitrogens is 1. The van der Waals surface area contributed by atoms with Gasteiger partial charge in [-0.15, -0.1) is 0 Å². The lowest BCUT2D eigenvalue weighted by atomic mass is 10.2. The molecule has 5 heteroatoms. The maximum absolute atomic E-state index is 10.9. The number of benzene rings is 1. The van der Waals surface area contributed by atoms with Gasteiger partial charge in [-0.05, 0) is 19.1 Å². The third kappa shape index (κ3) is 1.90. The molecule has 0 aliphatic carbocycles. The van der Waals surface area contributed by atoms with Gasteiger partial charge in [0.05, 0.1) is 0 Å². The first kappa shape index (κ1) is 10.6. The summed E-state index contributed by atoms with van der Waals surface area (Å²) >= 11 is 0. The summed E-state index contributed by atoms with van der Waals surface area (Å²) in [4.78, 5) is 15.1. The van der Waals surface area contributed by atoms with E-state index in [1.807, 2.05) is 6.92 Å². The van der Waals surface area contributed by atoms with Crippen LogP contribution in [0.3, 0.4) is 0 Å². The number of para-hydroxylation sites is 1. The molecular formula is C11H11NO4. The number of carboxylic acids is 1. The molecule has 1 N–H and O–H groups in total. The van der Waals surface area contributed by atoms with Crippen LogP contribution in [0.25, 0.3) is 11.1 Å². The summed E-state index contributed by atoms with van der Waals surface area (Å²) < 4.78 is 10.5. The van der Waals surface area contributed by atoms with Gasteiger partial charge in [0.25, 0.3) is 0 Å². The summed E-state index contributed by atoms with van der Waals surface area (Å²) in [5.41, 5.74) is 0.951. The molecule has 0 bridgehead atoms. The molecule has 0 unspecified atom stereocenters. The van der Waals surface area contributed by atoms with Crippen LogP contribution in [0.5, 0.6) is 0 Å². The molecule has 0 spiro atoms. The fourth-order valence-electron chi connectivity index (χ4n) is 1.41. The van der Waals surface area contributed by atoms with Gasteiger partial charge in [0, 0.05) is 6.61 Å². The highest BCUT2D eigenvalue weighted by molar-refractivity contribution is 5.99. The van der Waals surface area contributed by atoms with Crippen molar-refractivity contribution in [3.05, 3.63) is 29.7 Å². The summed E-state index contributed by atoms with van der Waals surface area (Å²) in [7, 11) is 0. The van der Waals surface area contributed by atoms with E-state index in [4.69, 9.17) is 14.3 Å². The van der Waals surface area contributed by atoms with Gasteiger partial charge in [-0.1, -0.05) is 6.07 Å². The summed E-state index contributed by atoms with van der Waals surface area (Å²) in [5, 5.41) is 8.95. The number of hydrogen-bond acceptors (Lipinski definition) is 4. The number of fused-ring (bicyclic) bond motifs is 1. The van der Waals surface area contributed by atoms with E-state index in [1.54, 1.807) is 12.1 Å². The van der Waals surface area contributed by atoms with Crippen LogP contribution >= 0.6 is 0 Å². The van der Waals surface area contributed by atoms with Gasteiger partial charge >= 0.3 is 5.97 Å². The molecule has 0 aliphatic heterocycles. The lowest BCUT2D eigenvalue weighted by molar-refractivity contribution is 0.0697. The molecule has 0 saturated heterocycles. The molecule has 1 aromatic carbocycles. The van der Waals surface area contributed by atoms with Crippen molar-refractivity contribution in [3.8, 4) is 0 Å². The van der Waals surface area contributed by atoms with Gasteiger partial charge in [-0.3, -0.25) is 0 Å². The quantitative estimate of drug-likeness (QED) is 0.855. The normalized spacial score (nSPS) is 10.8. The molecule has 0 aliphatic rings. The maximum atomic E-state index is 10.9. The summed E-state index contributed by atoms with van der Waals surface area (Å²) in [6.07, 6.45) is 0. The second-order valence-corrected chi connectivity index (χ2v) is 3.20. The van der Waals surface area contributed by atoms with Gasteiger partial charge in [-0.2, -0.15) is 0 Å². The Morgan fingerprint density at radius 2 is 2.38 bits per heavy atom. The van der Waals surface area contributed by atoms with Gasteiger partial charge in [0.15, 0.2) is 5.58 Å². The molecule has 16 heavy (non-hydrogen) atoms.